The van der Waals surface area contributed by atoms with Crippen molar-refractivity contribution in [3.05, 3.63) is 106 Å². The summed E-state index contributed by atoms with van der Waals surface area (Å²) < 4.78 is 3.36. The lowest BCUT2D eigenvalue weighted by atomic mass is 10.1. The van der Waals surface area contributed by atoms with E-state index in [-0.39, 0.29) is 0 Å². The van der Waals surface area contributed by atoms with Crippen LogP contribution in [0.15, 0.2) is 89.5 Å². The molecule has 0 aliphatic carbocycles. The normalized spacial score (nSPS) is 11.8. The molecule has 0 fully saturated rings. The van der Waals surface area contributed by atoms with E-state index < -0.39 is 0 Å². The maximum Gasteiger partial charge on any atom is 0.0534 e. The molecule has 0 saturated carbocycles. The summed E-state index contributed by atoms with van der Waals surface area (Å²) in [4.78, 5) is 0. The molecule has 0 aliphatic heterocycles. The lowest BCUT2D eigenvalue weighted by Gasteiger charge is -2.12. The predicted octanol–water partition coefficient (Wildman–Crippen LogP) is 6.76. The molecule has 0 saturated heterocycles. The molecule has 0 bridgehead atoms. The van der Waals surface area contributed by atoms with Gasteiger partial charge in [0, 0.05) is 10.7 Å². The van der Waals surface area contributed by atoms with Gasteiger partial charge in [0.2, 0.25) is 0 Å². The van der Waals surface area contributed by atoms with Crippen molar-refractivity contribution in [2.24, 2.45) is 0 Å². The molecule has 122 valence electrons. The summed E-state index contributed by atoms with van der Waals surface area (Å²) in [6.45, 7) is 2.12. The standard InChI is InChI=1S/C23H18BrN/c1-17-6-10-20(11-7-17)23(16-18-8-12-21(24)13-9-18)25-15-14-19-4-2-3-5-22(19)25/h2-16H,1H3/b23-16-. The molecule has 25 heavy (non-hydrogen) atoms. The summed E-state index contributed by atoms with van der Waals surface area (Å²) in [5.74, 6) is 0. The van der Waals surface area contributed by atoms with Crippen LogP contribution in [0.3, 0.4) is 0 Å². The average molecular weight is 388 g/mol. The van der Waals surface area contributed by atoms with Gasteiger partial charge >= 0.3 is 0 Å². The number of rotatable bonds is 3. The number of hydrogen-bond donors (Lipinski definition) is 0. The van der Waals surface area contributed by atoms with Crippen molar-refractivity contribution in [1.82, 2.24) is 4.57 Å². The van der Waals surface area contributed by atoms with Gasteiger partial charge in [-0.2, -0.15) is 0 Å². The van der Waals surface area contributed by atoms with Crippen molar-refractivity contribution in [3.8, 4) is 0 Å². The van der Waals surface area contributed by atoms with Crippen LogP contribution in [0.25, 0.3) is 22.7 Å². The summed E-state index contributed by atoms with van der Waals surface area (Å²) >= 11 is 3.51. The minimum Gasteiger partial charge on any atom is -0.316 e. The fraction of sp³-hybridized carbons (Fsp3) is 0.0435. The molecule has 0 amide bonds. The van der Waals surface area contributed by atoms with Crippen molar-refractivity contribution in [2.75, 3.05) is 0 Å². The van der Waals surface area contributed by atoms with E-state index in [9.17, 15) is 0 Å². The largest absolute Gasteiger partial charge is 0.316 e. The zero-order chi connectivity index (χ0) is 17.2. The first-order chi connectivity index (χ1) is 12.2. The van der Waals surface area contributed by atoms with Crippen LogP contribution in [0.1, 0.15) is 16.7 Å². The van der Waals surface area contributed by atoms with Gasteiger partial charge < -0.3 is 4.57 Å². The van der Waals surface area contributed by atoms with E-state index in [1.165, 1.54) is 33.3 Å². The molecule has 2 heteroatoms. The van der Waals surface area contributed by atoms with Crippen LogP contribution in [0, 0.1) is 6.92 Å². The number of benzene rings is 3. The first-order valence-corrected chi connectivity index (χ1v) is 9.11. The highest BCUT2D eigenvalue weighted by molar-refractivity contribution is 9.10. The van der Waals surface area contributed by atoms with Gasteiger partial charge in [0.25, 0.3) is 0 Å². The first kappa shape index (κ1) is 15.9. The molecule has 0 radical (unpaired) electrons. The fourth-order valence-electron chi connectivity index (χ4n) is 3.03. The van der Waals surface area contributed by atoms with Crippen LogP contribution >= 0.6 is 15.9 Å². The van der Waals surface area contributed by atoms with Gasteiger partial charge in [-0.15, -0.1) is 0 Å². The van der Waals surface area contributed by atoms with E-state index in [1.54, 1.807) is 0 Å². The van der Waals surface area contributed by atoms with Gasteiger partial charge in [0.05, 0.1) is 11.2 Å². The molecule has 1 nitrogen and oxygen atoms in total. The zero-order valence-corrected chi connectivity index (χ0v) is 15.6. The maximum atomic E-state index is 3.51. The number of nitrogens with zero attached hydrogens (tertiary/aromatic N) is 1. The highest BCUT2D eigenvalue weighted by atomic mass is 79.9. The maximum absolute atomic E-state index is 3.51. The number of fused-ring (bicyclic) bond motifs is 1. The molecule has 1 heterocycles. The van der Waals surface area contributed by atoms with Crippen LogP contribution in [-0.4, -0.2) is 4.57 Å². The summed E-state index contributed by atoms with van der Waals surface area (Å²) in [6.07, 6.45) is 4.39. The molecule has 0 N–H and O–H groups in total. The molecule has 0 unspecified atom stereocenters. The van der Waals surface area contributed by atoms with Crippen LogP contribution in [0.4, 0.5) is 0 Å². The molecule has 0 spiro atoms. The summed E-state index contributed by atoms with van der Waals surface area (Å²) in [5.41, 5.74) is 6.03. The Morgan fingerprint density at radius 2 is 1.56 bits per heavy atom. The molecule has 0 atom stereocenters. The highest BCUT2D eigenvalue weighted by Crippen LogP contribution is 2.27. The van der Waals surface area contributed by atoms with E-state index in [4.69, 9.17) is 0 Å². The van der Waals surface area contributed by atoms with Gasteiger partial charge in [-0.1, -0.05) is 76.1 Å². The van der Waals surface area contributed by atoms with E-state index in [1.807, 2.05) is 0 Å². The third-order valence-corrected chi connectivity index (χ3v) is 4.91. The Kier molecular flexibility index (Phi) is 4.29. The molecular formula is C23H18BrN. The van der Waals surface area contributed by atoms with E-state index in [0.29, 0.717) is 0 Å². The van der Waals surface area contributed by atoms with Crippen molar-refractivity contribution >= 4 is 38.6 Å². The number of hydrogen-bond acceptors (Lipinski definition) is 0. The molecule has 0 aliphatic rings. The van der Waals surface area contributed by atoms with Gasteiger partial charge in [-0.05, 0) is 53.8 Å². The van der Waals surface area contributed by atoms with Gasteiger partial charge in [0.1, 0.15) is 0 Å². The summed E-state index contributed by atoms with van der Waals surface area (Å²) in [7, 11) is 0. The lowest BCUT2D eigenvalue weighted by molar-refractivity contribution is 1.17. The molecule has 4 aromatic rings. The predicted molar refractivity (Wildman–Crippen MR) is 111 cm³/mol. The molecule has 1 aromatic heterocycles. The Morgan fingerprint density at radius 1 is 0.840 bits per heavy atom. The van der Waals surface area contributed by atoms with Crippen LogP contribution in [-0.2, 0) is 0 Å². The fourth-order valence-corrected chi connectivity index (χ4v) is 3.29. The van der Waals surface area contributed by atoms with Crippen molar-refractivity contribution in [1.29, 1.82) is 0 Å². The number of aromatic nitrogens is 1. The number of para-hydroxylation sites is 1. The number of aryl methyl sites for hydroxylation is 1. The monoisotopic (exact) mass is 387 g/mol. The molecule has 3 aromatic carbocycles. The van der Waals surface area contributed by atoms with Crippen molar-refractivity contribution in [3.63, 3.8) is 0 Å². The SMILES string of the molecule is Cc1ccc(/C(=C/c2ccc(Br)cc2)n2ccc3ccccc32)cc1. The molecular weight excluding hydrogens is 370 g/mol. The minimum absolute atomic E-state index is 1.09. The second-order valence-electron chi connectivity index (χ2n) is 6.19. The van der Waals surface area contributed by atoms with Crippen molar-refractivity contribution < 1.29 is 0 Å². The average Bonchev–Trinajstić information content (AvgIpc) is 3.06. The second kappa shape index (κ2) is 6.73. The summed E-state index contributed by atoms with van der Waals surface area (Å²) in [5, 5.41) is 1.25. The second-order valence-corrected chi connectivity index (χ2v) is 7.11. The third-order valence-electron chi connectivity index (χ3n) is 4.38. The Morgan fingerprint density at radius 3 is 2.32 bits per heavy atom. The van der Waals surface area contributed by atoms with E-state index >= 15 is 0 Å². The zero-order valence-electron chi connectivity index (χ0n) is 14.0. The van der Waals surface area contributed by atoms with Crippen LogP contribution < -0.4 is 0 Å². The topological polar surface area (TPSA) is 4.93 Å². The lowest BCUT2D eigenvalue weighted by Crippen LogP contribution is -1.97. The Bertz CT molecular complexity index is 1040. The van der Waals surface area contributed by atoms with Crippen molar-refractivity contribution in [2.45, 2.75) is 6.92 Å². The van der Waals surface area contributed by atoms with E-state index in [2.05, 4.69) is 119 Å². The van der Waals surface area contributed by atoms with Crippen LogP contribution in [0.2, 0.25) is 0 Å². The smallest absolute Gasteiger partial charge is 0.0534 e. The van der Waals surface area contributed by atoms with E-state index in [0.717, 1.165) is 4.47 Å². The number of halogens is 1. The molecule has 4 rings (SSSR count). The Labute approximate surface area is 156 Å². The summed E-state index contributed by atoms with van der Waals surface area (Å²) in [6, 6.07) is 27.8. The van der Waals surface area contributed by atoms with Gasteiger partial charge in [-0.3, -0.25) is 0 Å². The quantitative estimate of drug-likeness (QED) is 0.342. The Hall–Kier alpha value is -2.58. The van der Waals surface area contributed by atoms with Gasteiger partial charge in [-0.25, -0.2) is 0 Å². The van der Waals surface area contributed by atoms with Crippen LogP contribution in [0.5, 0.6) is 0 Å². The van der Waals surface area contributed by atoms with Gasteiger partial charge in [0.15, 0.2) is 0 Å². The Balaban J connectivity index is 1.92. The minimum atomic E-state index is 1.09. The third kappa shape index (κ3) is 3.31. The first-order valence-electron chi connectivity index (χ1n) is 8.31. The highest BCUT2D eigenvalue weighted by Gasteiger charge is 2.08.